The molecule has 0 aliphatic heterocycles. The fourth-order valence-electron chi connectivity index (χ4n) is 1.80. The van der Waals surface area contributed by atoms with E-state index in [0.29, 0.717) is 6.61 Å². The number of methoxy groups -OCH3 is 1. The van der Waals surface area contributed by atoms with Gasteiger partial charge in [0.1, 0.15) is 0 Å². The second-order valence-electron chi connectivity index (χ2n) is 4.80. The van der Waals surface area contributed by atoms with Crippen LogP contribution in [0.15, 0.2) is 24.3 Å². The molecule has 0 fully saturated rings. The number of carbonyl (C=O) groups excluding carboxylic acids is 1. The van der Waals surface area contributed by atoms with Crippen LogP contribution in [0.3, 0.4) is 0 Å². The van der Waals surface area contributed by atoms with E-state index in [1.165, 1.54) is 0 Å². The minimum absolute atomic E-state index is 0.126. The quantitative estimate of drug-likeness (QED) is 0.793. The van der Waals surface area contributed by atoms with Crippen LogP contribution in [-0.4, -0.2) is 25.7 Å². The van der Waals surface area contributed by atoms with Gasteiger partial charge in [-0.15, -0.1) is 0 Å². The number of benzene rings is 1. The minimum atomic E-state index is -0.472. The molecule has 0 aliphatic rings. The highest BCUT2D eigenvalue weighted by Crippen LogP contribution is 2.17. The molecule has 0 aliphatic carbocycles. The Morgan fingerprint density at radius 1 is 1.42 bits per heavy atom. The molecule has 4 nitrogen and oxygen atoms in total. The number of hydrogen-bond acceptors (Lipinski definition) is 3. The number of ether oxygens (including phenoxy) is 1. The first-order valence-corrected chi connectivity index (χ1v) is 6.73. The number of anilines is 1. The Hall–Kier alpha value is -1.39. The molecule has 3 N–H and O–H groups in total. The summed E-state index contributed by atoms with van der Waals surface area (Å²) >= 11 is 0. The van der Waals surface area contributed by atoms with Crippen LogP contribution in [0.1, 0.15) is 25.8 Å². The van der Waals surface area contributed by atoms with Crippen molar-refractivity contribution in [3.05, 3.63) is 29.8 Å². The Kier molecular flexibility index (Phi) is 6.53. The van der Waals surface area contributed by atoms with Gasteiger partial charge >= 0.3 is 0 Å². The minimum Gasteiger partial charge on any atom is -0.384 e. The van der Waals surface area contributed by atoms with Crippen LogP contribution in [0, 0.1) is 5.92 Å². The third-order valence-electron chi connectivity index (χ3n) is 3.41. The summed E-state index contributed by atoms with van der Waals surface area (Å²) in [5.74, 6) is 0.0466. The summed E-state index contributed by atoms with van der Waals surface area (Å²) in [4.78, 5) is 12.1. The molecule has 1 aromatic rings. The third-order valence-corrected chi connectivity index (χ3v) is 3.41. The van der Waals surface area contributed by atoms with Gasteiger partial charge in [-0.2, -0.15) is 0 Å². The van der Waals surface area contributed by atoms with E-state index in [1.807, 2.05) is 38.1 Å². The Labute approximate surface area is 115 Å². The van der Waals surface area contributed by atoms with Crippen molar-refractivity contribution in [1.82, 2.24) is 0 Å². The first-order chi connectivity index (χ1) is 9.10. The summed E-state index contributed by atoms with van der Waals surface area (Å²) in [5.41, 5.74) is 7.82. The molecule has 0 saturated heterocycles. The predicted octanol–water partition coefficient (Wildman–Crippen LogP) is 2.19. The number of hydrogen-bond donors (Lipinski definition) is 2. The molecule has 2 atom stereocenters. The summed E-state index contributed by atoms with van der Waals surface area (Å²) < 4.78 is 5.07. The molecule has 1 amide bonds. The summed E-state index contributed by atoms with van der Waals surface area (Å²) in [6, 6.07) is 7.27. The van der Waals surface area contributed by atoms with Gasteiger partial charge in [0, 0.05) is 12.8 Å². The third kappa shape index (κ3) is 4.65. The second kappa shape index (κ2) is 7.92. The number of nitrogens with one attached hydrogen (secondary N) is 1. The monoisotopic (exact) mass is 264 g/mol. The fourth-order valence-corrected chi connectivity index (χ4v) is 1.80. The molecule has 4 heteroatoms. The molecular formula is C15H24N2O2. The topological polar surface area (TPSA) is 64.4 Å². The van der Waals surface area contributed by atoms with Crippen LogP contribution in [-0.2, 0) is 16.0 Å². The van der Waals surface area contributed by atoms with Gasteiger partial charge in [0.2, 0.25) is 5.91 Å². The van der Waals surface area contributed by atoms with Crippen molar-refractivity contribution in [1.29, 1.82) is 0 Å². The van der Waals surface area contributed by atoms with Crippen molar-refractivity contribution in [3.63, 3.8) is 0 Å². The van der Waals surface area contributed by atoms with Crippen LogP contribution in [0.25, 0.3) is 0 Å². The summed E-state index contributed by atoms with van der Waals surface area (Å²) in [6.45, 7) is 4.65. The molecule has 0 spiro atoms. The van der Waals surface area contributed by atoms with Gasteiger partial charge in [-0.1, -0.05) is 38.5 Å². The van der Waals surface area contributed by atoms with Crippen molar-refractivity contribution in [2.24, 2.45) is 11.7 Å². The lowest BCUT2D eigenvalue weighted by atomic mass is 9.99. The van der Waals surface area contributed by atoms with E-state index in [9.17, 15) is 4.79 Å². The van der Waals surface area contributed by atoms with Gasteiger partial charge in [0.05, 0.1) is 12.6 Å². The van der Waals surface area contributed by atoms with Crippen molar-refractivity contribution >= 4 is 11.6 Å². The van der Waals surface area contributed by atoms with E-state index in [4.69, 9.17) is 10.5 Å². The maximum Gasteiger partial charge on any atom is 0.241 e. The van der Waals surface area contributed by atoms with Gasteiger partial charge in [-0.3, -0.25) is 4.79 Å². The van der Waals surface area contributed by atoms with Crippen molar-refractivity contribution in [2.75, 3.05) is 19.0 Å². The number of amides is 1. The Balaban J connectivity index is 2.73. The molecule has 0 bridgehead atoms. The molecule has 19 heavy (non-hydrogen) atoms. The molecule has 0 saturated carbocycles. The largest absolute Gasteiger partial charge is 0.384 e. The second-order valence-corrected chi connectivity index (χ2v) is 4.80. The number of para-hydroxylation sites is 1. The summed E-state index contributed by atoms with van der Waals surface area (Å²) in [7, 11) is 1.67. The molecular weight excluding hydrogens is 240 g/mol. The lowest BCUT2D eigenvalue weighted by Gasteiger charge is -2.19. The number of nitrogens with two attached hydrogens (primary N) is 1. The van der Waals surface area contributed by atoms with Crippen LogP contribution in [0.5, 0.6) is 0 Å². The number of rotatable bonds is 7. The van der Waals surface area contributed by atoms with E-state index in [-0.39, 0.29) is 11.8 Å². The molecule has 1 aromatic carbocycles. The lowest BCUT2D eigenvalue weighted by molar-refractivity contribution is -0.118. The Morgan fingerprint density at radius 2 is 2.11 bits per heavy atom. The van der Waals surface area contributed by atoms with E-state index in [0.717, 1.165) is 24.1 Å². The Bertz CT molecular complexity index is 407. The zero-order valence-electron chi connectivity index (χ0n) is 12.0. The standard InChI is InChI=1S/C15H24N2O2/c1-4-11(2)14(16)15(18)17-13-8-6-5-7-12(13)9-10-19-3/h5-8,11,14H,4,9-10,16H2,1-3H3,(H,17,18)/t11-,14-/m0/s1. The van der Waals surface area contributed by atoms with Gasteiger partial charge in [-0.25, -0.2) is 0 Å². The smallest absolute Gasteiger partial charge is 0.241 e. The van der Waals surface area contributed by atoms with Crippen molar-refractivity contribution in [3.8, 4) is 0 Å². The van der Waals surface area contributed by atoms with Gasteiger partial charge in [0.15, 0.2) is 0 Å². The molecule has 106 valence electrons. The zero-order chi connectivity index (χ0) is 14.3. The average Bonchev–Trinajstić information content (AvgIpc) is 2.44. The van der Waals surface area contributed by atoms with Gasteiger partial charge in [0.25, 0.3) is 0 Å². The van der Waals surface area contributed by atoms with E-state index in [2.05, 4.69) is 5.32 Å². The molecule has 0 unspecified atom stereocenters. The molecule has 0 aromatic heterocycles. The van der Waals surface area contributed by atoms with E-state index >= 15 is 0 Å². The van der Waals surface area contributed by atoms with Crippen LogP contribution in [0.2, 0.25) is 0 Å². The van der Waals surface area contributed by atoms with Crippen molar-refractivity contribution < 1.29 is 9.53 Å². The molecule has 0 heterocycles. The van der Waals surface area contributed by atoms with Crippen molar-refractivity contribution in [2.45, 2.75) is 32.7 Å². The maximum absolute atomic E-state index is 12.1. The van der Waals surface area contributed by atoms with Gasteiger partial charge in [-0.05, 0) is 24.0 Å². The normalized spacial score (nSPS) is 13.9. The highest BCUT2D eigenvalue weighted by Gasteiger charge is 2.19. The molecule has 0 radical (unpaired) electrons. The lowest BCUT2D eigenvalue weighted by Crippen LogP contribution is -2.40. The van der Waals surface area contributed by atoms with Crippen LogP contribution < -0.4 is 11.1 Å². The zero-order valence-corrected chi connectivity index (χ0v) is 12.0. The van der Waals surface area contributed by atoms with Crippen LogP contribution >= 0.6 is 0 Å². The summed E-state index contributed by atoms with van der Waals surface area (Å²) in [6.07, 6.45) is 1.66. The first kappa shape index (κ1) is 15.7. The molecule has 1 rings (SSSR count). The first-order valence-electron chi connectivity index (χ1n) is 6.73. The summed E-state index contributed by atoms with van der Waals surface area (Å²) in [5, 5.41) is 2.91. The number of carbonyl (C=O) groups is 1. The average molecular weight is 264 g/mol. The fraction of sp³-hybridized carbons (Fsp3) is 0.533. The van der Waals surface area contributed by atoms with Crippen LogP contribution in [0.4, 0.5) is 5.69 Å². The van der Waals surface area contributed by atoms with E-state index < -0.39 is 6.04 Å². The van der Waals surface area contributed by atoms with E-state index in [1.54, 1.807) is 7.11 Å². The highest BCUT2D eigenvalue weighted by molar-refractivity contribution is 5.95. The predicted molar refractivity (Wildman–Crippen MR) is 78.1 cm³/mol. The Morgan fingerprint density at radius 3 is 2.74 bits per heavy atom. The van der Waals surface area contributed by atoms with Gasteiger partial charge < -0.3 is 15.8 Å². The maximum atomic E-state index is 12.1. The SMILES string of the molecule is CC[C@H](C)[C@H](N)C(=O)Nc1ccccc1CCOC. The highest BCUT2D eigenvalue weighted by atomic mass is 16.5.